The Balaban J connectivity index is 1.97. The van der Waals surface area contributed by atoms with Crippen molar-refractivity contribution in [2.75, 3.05) is 0 Å². The molecule has 88 valence electrons. The van der Waals surface area contributed by atoms with E-state index in [0.717, 1.165) is 24.2 Å². The zero-order valence-electron chi connectivity index (χ0n) is 9.68. The number of nitrogens with zero attached hydrogens (tertiary/aromatic N) is 2. The standard InChI is InChI=1S/C13H14N2O2/c1-8-4-2-7-10(11(8)16)13-14-12(15-17-13)9-5-3-6-9/h2,4,7,9,16H,3,5-6H2,1H3. The SMILES string of the molecule is Cc1cccc(-c2nc(C3CCC3)no2)c1O. The highest BCUT2D eigenvalue weighted by atomic mass is 16.5. The molecule has 1 aliphatic carbocycles. The van der Waals surface area contributed by atoms with Gasteiger partial charge in [0, 0.05) is 5.92 Å². The Bertz CT molecular complexity index is 544. The quantitative estimate of drug-likeness (QED) is 0.861. The summed E-state index contributed by atoms with van der Waals surface area (Å²) < 4.78 is 5.22. The Morgan fingerprint density at radius 1 is 1.35 bits per heavy atom. The largest absolute Gasteiger partial charge is 0.507 e. The molecule has 1 N–H and O–H groups in total. The van der Waals surface area contributed by atoms with Gasteiger partial charge in [0.25, 0.3) is 5.89 Å². The van der Waals surface area contributed by atoms with E-state index in [4.69, 9.17) is 4.52 Å². The second-order valence-electron chi connectivity index (χ2n) is 4.56. The average Bonchev–Trinajstić information content (AvgIpc) is 2.68. The minimum atomic E-state index is 0.219. The van der Waals surface area contributed by atoms with Gasteiger partial charge in [-0.05, 0) is 31.4 Å². The molecule has 0 radical (unpaired) electrons. The van der Waals surface area contributed by atoms with Crippen LogP contribution in [0.25, 0.3) is 11.5 Å². The van der Waals surface area contributed by atoms with Gasteiger partial charge in [0.2, 0.25) is 0 Å². The Labute approximate surface area is 99.3 Å². The second kappa shape index (κ2) is 3.87. The number of para-hydroxylation sites is 1. The van der Waals surface area contributed by atoms with E-state index in [1.54, 1.807) is 6.07 Å². The van der Waals surface area contributed by atoms with E-state index in [1.165, 1.54) is 6.42 Å². The average molecular weight is 230 g/mol. The summed E-state index contributed by atoms with van der Waals surface area (Å²) in [6, 6.07) is 5.51. The first-order valence-electron chi connectivity index (χ1n) is 5.88. The molecule has 1 saturated carbocycles. The number of rotatable bonds is 2. The van der Waals surface area contributed by atoms with Crippen LogP contribution in [0.5, 0.6) is 5.75 Å². The molecule has 4 nitrogen and oxygen atoms in total. The van der Waals surface area contributed by atoms with Gasteiger partial charge in [-0.15, -0.1) is 0 Å². The molecule has 0 saturated heterocycles. The number of aromatic nitrogens is 2. The highest BCUT2D eigenvalue weighted by Gasteiger charge is 2.25. The van der Waals surface area contributed by atoms with Crippen LogP contribution in [-0.2, 0) is 0 Å². The van der Waals surface area contributed by atoms with Gasteiger partial charge in [-0.1, -0.05) is 23.7 Å². The fourth-order valence-corrected chi connectivity index (χ4v) is 2.01. The number of hydrogen-bond donors (Lipinski definition) is 1. The van der Waals surface area contributed by atoms with E-state index >= 15 is 0 Å². The molecule has 1 aliphatic rings. The molecule has 1 fully saturated rings. The maximum atomic E-state index is 9.94. The van der Waals surface area contributed by atoms with E-state index < -0.39 is 0 Å². The maximum Gasteiger partial charge on any atom is 0.261 e. The van der Waals surface area contributed by atoms with E-state index in [-0.39, 0.29) is 5.75 Å². The summed E-state index contributed by atoms with van der Waals surface area (Å²) in [5.74, 6) is 1.84. The normalized spacial score (nSPS) is 15.8. The third-order valence-electron chi connectivity index (χ3n) is 3.38. The summed E-state index contributed by atoms with van der Waals surface area (Å²) in [6.07, 6.45) is 3.52. The highest BCUT2D eigenvalue weighted by molar-refractivity contribution is 5.64. The molecule has 0 bridgehead atoms. The molecule has 17 heavy (non-hydrogen) atoms. The highest BCUT2D eigenvalue weighted by Crippen LogP contribution is 2.36. The summed E-state index contributed by atoms with van der Waals surface area (Å²) in [4.78, 5) is 4.37. The minimum Gasteiger partial charge on any atom is -0.507 e. The topological polar surface area (TPSA) is 59.2 Å². The van der Waals surface area contributed by atoms with Crippen LogP contribution >= 0.6 is 0 Å². The summed E-state index contributed by atoms with van der Waals surface area (Å²) in [6.45, 7) is 1.85. The fourth-order valence-electron chi connectivity index (χ4n) is 2.01. The predicted octanol–water partition coefficient (Wildman–Crippen LogP) is 3.02. The molecule has 0 unspecified atom stereocenters. The molecule has 1 aromatic heterocycles. The molecule has 3 rings (SSSR count). The van der Waals surface area contributed by atoms with Crippen LogP contribution in [0.15, 0.2) is 22.7 Å². The van der Waals surface area contributed by atoms with Crippen molar-refractivity contribution in [3.8, 4) is 17.2 Å². The monoisotopic (exact) mass is 230 g/mol. The van der Waals surface area contributed by atoms with E-state index in [2.05, 4.69) is 10.1 Å². The minimum absolute atomic E-state index is 0.219. The van der Waals surface area contributed by atoms with Gasteiger partial charge in [0.15, 0.2) is 5.82 Å². The molecular weight excluding hydrogens is 216 g/mol. The van der Waals surface area contributed by atoms with Crippen LogP contribution < -0.4 is 0 Å². The van der Waals surface area contributed by atoms with E-state index in [0.29, 0.717) is 17.4 Å². The molecule has 4 heteroatoms. The predicted molar refractivity (Wildman–Crippen MR) is 62.7 cm³/mol. The second-order valence-corrected chi connectivity index (χ2v) is 4.56. The molecule has 0 amide bonds. The van der Waals surface area contributed by atoms with E-state index in [9.17, 15) is 5.11 Å². The maximum absolute atomic E-state index is 9.94. The lowest BCUT2D eigenvalue weighted by atomic mass is 9.85. The lowest BCUT2D eigenvalue weighted by Gasteiger charge is -2.20. The van der Waals surface area contributed by atoms with Gasteiger partial charge in [-0.2, -0.15) is 4.98 Å². The summed E-state index contributed by atoms with van der Waals surface area (Å²) >= 11 is 0. The summed E-state index contributed by atoms with van der Waals surface area (Å²) in [5, 5.41) is 13.9. The third-order valence-corrected chi connectivity index (χ3v) is 3.38. The number of phenols is 1. The van der Waals surface area contributed by atoms with Crippen molar-refractivity contribution >= 4 is 0 Å². The smallest absolute Gasteiger partial charge is 0.261 e. The number of aromatic hydroxyl groups is 1. The lowest BCUT2D eigenvalue weighted by Crippen LogP contribution is -2.10. The number of aryl methyl sites for hydroxylation is 1. The van der Waals surface area contributed by atoms with E-state index in [1.807, 2.05) is 19.1 Å². The fraction of sp³-hybridized carbons (Fsp3) is 0.385. The van der Waals surface area contributed by atoms with Crippen LogP contribution in [-0.4, -0.2) is 15.2 Å². The first kappa shape index (κ1) is 10.3. The van der Waals surface area contributed by atoms with Gasteiger partial charge < -0.3 is 9.63 Å². The van der Waals surface area contributed by atoms with Crippen molar-refractivity contribution in [3.05, 3.63) is 29.6 Å². The van der Waals surface area contributed by atoms with Gasteiger partial charge in [0.1, 0.15) is 5.75 Å². The van der Waals surface area contributed by atoms with Crippen LogP contribution in [0.4, 0.5) is 0 Å². The number of hydrogen-bond acceptors (Lipinski definition) is 4. The molecule has 1 aromatic carbocycles. The van der Waals surface area contributed by atoms with Crippen molar-refractivity contribution in [1.29, 1.82) is 0 Å². The van der Waals surface area contributed by atoms with Crippen LogP contribution in [0.2, 0.25) is 0 Å². The summed E-state index contributed by atoms with van der Waals surface area (Å²) in [7, 11) is 0. The van der Waals surface area contributed by atoms with Crippen LogP contribution in [0, 0.1) is 6.92 Å². The summed E-state index contributed by atoms with van der Waals surface area (Å²) in [5.41, 5.74) is 1.42. The lowest BCUT2D eigenvalue weighted by molar-refractivity contribution is 0.365. The molecule has 0 spiro atoms. The Morgan fingerprint density at radius 3 is 2.88 bits per heavy atom. The zero-order valence-corrected chi connectivity index (χ0v) is 9.68. The van der Waals surface area contributed by atoms with Crippen molar-refractivity contribution in [2.24, 2.45) is 0 Å². The van der Waals surface area contributed by atoms with Gasteiger partial charge in [-0.25, -0.2) is 0 Å². The molecule has 1 heterocycles. The van der Waals surface area contributed by atoms with Gasteiger partial charge in [-0.3, -0.25) is 0 Å². The molecule has 2 aromatic rings. The molecule has 0 atom stereocenters. The molecule has 0 aliphatic heterocycles. The van der Waals surface area contributed by atoms with Crippen molar-refractivity contribution in [3.63, 3.8) is 0 Å². The first-order valence-corrected chi connectivity index (χ1v) is 5.88. The number of benzene rings is 1. The van der Waals surface area contributed by atoms with Crippen molar-refractivity contribution < 1.29 is 9.63 Å². The van der Waals surface area contributed by atoms with Crippen molar-refractivity contribution in [1.82, 2.24) is 10.1 Å². The Hall–Kier alpha value is -1.84. The Kier molecular flexibility index (Phi) is 2.35. The number of phenolic OH excluding ortho intramolecular Hbond substituents is 1. The van der Waals surface area contributed by atoms with Gasteiger partial charge >= 0.3 is 0 Å². The molecular formula is C13H14N2O2. The van der Waals surface area contributed by atoms with Crippen LogP contribution in [0.1, 0.15) is 36.6 Å². The Morgan fingerprint density at radius 2 is 2.18 bits per heavy atom. The third kappa shape index (κ3) is 1.69. The van der Waals surface area contributed by atoms with Gasteiger partial charge in [0.05, 0.1) is 5.56 Å². The zero-order chi connectivity index (χ0) is 11.8. The van der Waals surface area contributed by atoms with Crippen LogP contribution in [0.3, 0.4) is 0 Å². The first-order chi connectivity index (χ1) is 8.25. The van der Waals surface area contributed by atoms with Crippen molar-refractivity contribution in [2.45, 2.75) is 32.1 Å².